The first-order valence-electron chi connectivity index (χ1n) is 3.39. The van der Waals surface area contributed by atoms with E-state index in [-0.39, 0.29) is 5.96 Å². The van der Waals surface area contributed by atoms with Gasteiger partial charge in [-0.1, -0.05) is 13.3 Å². The third kappa shape index (κ3) is 39.3. The zero-order chi connectivity index (χ0) is 9.98. The third-order valence-electron chi connectivity index (χ3n) is 0.806. The minimum absolute atomic E-state index is 0.193. The molecule has 0 aliphatic rings. The van der Waals surface area contributed by atoms with Crippen molar-refractivity contribution in [3.63, 3.8) is 0 Å². The van der Waals surface area contributed by atoms with Crippen molar-refractivity contribution in [2.75, 3.05) is 6.54 Å². The van der Waals surface area contributed by atoms with Crippen LogP contribution in [0.2, 0.25) is 0 Å². The number of aliphatic imine (C=N–C) groups is 1. The first kappa shape index (κ1) is 13.1. The molecule has 0 aromatic heterocycles. The van der Waals surface area contributed by atoms with Gasteiger partial charge < -0.3 is 16.7 Å². The molecule has 0 fully saturated rings. The van der Waals surface area contributed by atoms with Gasteiger partial charge in [0.15, 0.2) is 5.96 Å². The molecule has 0 aromatic carbocycles. The Balaban J connectivity index is 0. The van der Waals surface area contributed by atoms with Gasteiger partial charge in [-0.3, -0.25) is 4.99 Å². The second-order valence-electron chi connectivity index (χ2n) is 1.90. The topological polar surface area (TPSA) is 128 Å². The van der Waals surface area contributed by atoms with Crippen molar-refractivity contribution in [1.82, 2.24) is 0 Å². The lowest BCUT2D eigenvalue weighted by molar-refractivity contribution is -0.742. The first-order valence-corrected chi connectivity index (χ1v) is 3.39. The third-order valence-corrected chi connectivity index (χ3v) is 0.806. The molecule has 12 heavy (non-hydrogen) atoms. The van der Waals surface area contributed by atoms with E-state index in [1.807, 2.05) is 0 Å². The summed E-state index contributed by atoms with van der Waals surface area (Å²) in [6.45, 7) is 2.86. The lowest BCUT2D eigenvalue weighted by atomic mass is 10.3. The lowest BCUT2D eigenvalue weighted by Gasteiger charge is -1.89. The summed E-state index contributed by atoms with van der Waals surface area (Å²) in [6, 6.07) is 0. The molecule has 0 bridgehead atoms. The van der Waals surface area contributed by atoms with Gasteiger partial charge in [-0.05, 0) is 6.42 Å². The van der Waals surface area contributed by atoms with Crippen LogP contribution in [0.1, 0.15) is 19.8 Å². The van der Waals surface area contributed by atoms with E-state index >= 15 is 0 Å². The average molecular weight is 178 g/mol. The lowest BCUT2D eigenvalue weighted by Crippen LogP contribution is -2.22. The number of guanidine groups is 1. The van der Waals surface area contributed by atoms with Crippen LogP contribution >= 0.6 is 0 Å². The van der Waals surface area contributed by atoms with Gasteiger partial charge in [0.05, 0.1) is 0 Å². The number of nitrogens with zero attached hydrogens (tertiary/aromatic N) is 2. The standard InChI is InChI=1S/C5H13N3.HNO3/c1-2-3-4-8-5(6)7;2-1(3)4/h2-4H2,1H3,(H4,6,7,8);(H,2,3,4). The molecule has 0 aromatic rings. The smallest absolute Gasteiger partial charge is 0.291 e. The Labute approximate surface area is 70.2 Å². The quantitative estimate of drug-likeness (QED) is 0.180. The van der Waals surface area contributed by atoms with Crippen molar-refractivity contribution in [3.05, 3.63) is 10.1 Å². The predicted octanol–water partition coefficient (Wildman–Crippen LogP) is -0.288. The fraction of sp³-hybridized carbons (Fsp3) is 0.800. The second kappa shape index (κ2) is 9.47. The highest BCUT2D eigenvalue weighted by Gasteiger charge is 1.79. The van der Waals surface area contributed by atoms with Gasteiger partial charge in [-0.2, -0.15) is 0 Å². The fourth-order valence-electron chi connectivity index (χ4n) is 0.366. The highest BCUT2D eigenvalue weighted by Crippen LogP contribution is 1.84. The Kier molecular flexibility index (Phi) is 10.3. The molecule has 5 N–H and O–H groups in total. The maximum Gasteiger partial charge on any atom is 0.291 e. The fourth-order valence-corrected chi connectivity index (χ4v) is 0.366. The molecular weight excluding hydrogens is 164 g/mol. The van der Waals surface area contributed by atoms with Gasteiger partial charge in [0, 0.05) is 6.54 Å². The largest absolute Gasteiger partial charge is 0.370 e. The molecular formula is C5H14N4O3. The molecule has 7 heteroatoms. The Morgan fingerprint density at radius 1 is 1.67 bits per heavy atom. The van der Waals surface area contributed by atoms with Crippen LogP contribution in [0.3, 0.4) is 0 Å². The van der Waals surface area contributed by atoms with Gasteiger partial charge in [0.2, 0.25) is 0 Å². The molecule has 0 radical (unpaired) electrons. The summed E-state index contributed by atoms with van der Waals surface area (Å²) in [7, 11) is 0. The molecule has 0 heterocycles. The summed E-state index contributed by atoms with van der Waals surface area (Å²) in [5, 5.41) is 13.6. The number of rotatable bonds is 3. The van der Waals surface area contributed by atoms with E-state index in [2.05, 4.69) is 11.9 Å². The average Bonchev–Trinajstić information content (AvgIpc) is 1.86. The summed E-state index contributed by atoms with van der Waals surface area (Å²) < 4.78 is 0. The maximum atomic E-state index is 8.36. The van der Waals surface area contributed by atoms with Crippen molar-refractivity contribution in [2.45, 2.75) is 19.8 Å². The van der Waals surface area contributed by atoms with Crippen LogP contribution in [0.4, 0.5) is 0 Å². The molecule has 0 aliphatic heterocycles. The van der Waals surface area contributed by atoms with E-state index < -0.39 is 5.09 Å². The van der Waals surface area contributed by atoms with E-state index in [0.717, 1.165) is 19.4 Å². The Bertz CT molecular complexity index is 140. The maximum absolute atomic E-state index is 8.36. The molecule has 7 nitrogen and oxygen atoms in total. The monoisotopic (exact) mass is 178 g/mol. The highest BCUT2D eigenvalue weighted by molar-refractivity contribution is 5.75. The van der Waals surface area contributed by atoms with Crippen molar-refractivity contribution in [3.8, 4) is 0 Å². The Morgan fingerprint density at radius 2 is 2.08 bits per heavy atom. The van der Waals surface area contributed by atoms with E-state index in [9.17, 15) is 0 Å². The van der Waals surface area contributed by atoms with Crippen LogP contribution in [0.5, 0.6) is 0 Å². The summed E-state index contributed by atoms with van der Waals surface area (Å²) in [6.07, 6.45) is 2.20. The number of hydrogen-bond donors (Lipinski definition) is 3. The molecule has 0 unspecified atom stereocenters. The van der Waals surface area contributed by atoms with Gasteiger partial charge in [0.25, 0.3) is 5.09 Å². The van der Waals surface area contributed by atoms with E-state index in [0.29, 0.717) is 0 Å². The van der Waals surface area contributed by atoms with E-state index in [1.165, 1.54) is 0 Å². The summed E-state index contributed by atoms with van der Waals surface area (Å²) >= 11 is 0. The van der Waals surface area contributed by atoms with Crippen molar-refractivity contribution < 1.29 is 10.3 Å². The first-order chi connectivity index (χ1) is 5.50. The normalized spacial score (nSPS) is 7.75. The van der Waals surface area contributed by atoms with Crippen LogP contribution < -0.4 is 11.5 Å². The molecule has 0 amide bonds. The summed E-state index contributed by atoms with van der Waals surface area (Å²) in [5.41, 5.74) is 10.1. The van der Waals surface area contributed by atoms with Gasteiger partial charge in [-0.15, -0.1) is 10.1 Å². The van der Waals surface area contributed by atoms with Crippen LogP contribution in [-0.2, 0) is 0 Å². The zero-order valence-corrected chi connectivity index (χ0v) is 6.93. The minimum atomic E-state index is -1.50. The van der Waals surface area contributed by atoms with Crippen LogP contribution in [0, 0.1) is 10.1 Å². The summed E-state index contributed by atoms with van der Waals surface area (Å²) in [4.78, 5) is 12.1. The number of unbranched alkanes of at least 4 members (excludes halogenated alkanes) is 1. The van der Waals surface area contributed by atoms with Gasteiger partial charge >= 0.3 is 0 Å². The minimum Gasteiger partial charge on any atom is -0.370 e. The van der Waals surface area contributed by atoms with Crippen molar-refractivity contribution in [2.24, 2.45) is 16.5 Å². The predicted molar refractivity (Wildman–Crippen MR) is 44.4 cm³/mol. The zero-order valence-electron chi connectivity index (χ0n) is 6.93. The summed E-state index contributed by atoms with van der Waals surface area (Å²) in [5.74, 6) is 0.193. The van der Waals surface area contributed by atoms with Gasteiger partial charge in [0.1, 0.15) is 0 Å². The van der Waals surface area contributed by atoms with Crippen molar-refractivity contribution in [1.29, 1.82) is 0 Å². The van der Waals surface area contributed by atoms with E-state index in [4.69, 9.17) is 26.8 Å². The molecule has 0 saturated carbocycles. The molecule has 72 valence electrons. The van der Waals surface area contributed by atoms with Crippen LogP contribution in [-0.4, -0.2) is 22.8 Å². The highest BCUT2D eigenvalue weighted by atomic mass is 16.9. The molecule has 0 saturated heterocycles. The van der Waals surface area contributed by atoms with E-state index in [1.54, 1.807) is 0 Å². The van der Waals surface area contributed by atoms with Crippen molar-refractivity contribution >= 4 is 5.96 Å². The number of hydrogen-bond acceptors (Lipinski definition) is 3. The second-order valence-corrected chi connectivity index (χ2v) is 1.90. The van der Waals surface area contributed by atoms with Crippen LogP contribution in [0.25, 0.3) is 0 Å². The molecule has 0 atom stereocenters. The molecule has 0 rings (SSSR count). The Hall–Kier alpha value is -1.53. The van der Waals surface area contributed by atoms with Crippen LogP contribution in [0.15, 0.2) is 4.99 Å². The van der Waals surface area contributed by atoms with Gasteiger partial charge in [-0.25, -0.2) is 0 Å². The Morgan fingerprint density at radius 3 is 2.33 bits per heavy atom. The molecule has 0 aliphatic carbocycles. The SMILES string of the molecule is CCCCN=C(N)N.O=[N+]([O-])O. The molecule has 0 spiro atoms. The number of nitrogens with two attached hydrogens (primary N) is 2.